The molecule has 0 aliphatic rings. The third-order valence-corrected chi connectivity index (χ3v) is 3.48. The Kier molecular flexibility index (Phi) is 3.92. The molecule has 0 aliphatic carbocycles. The maximum absolute atomic E-state index is 13.7. The van der Waals surface area contributed by atoms with E-state index >= 15 is 0 Å². The summed E-state index contributed by atoms with van der Waals surface area (Å²) in [7, 11) is 0. The topological polar surface area (TPSA) is 17.1 Å². The normalized spacial score (nSPS) is 10.4. The Morgan fingerprint density at radius 3 is 2.39 bits per heavy atom. The van der Waals surface area contributed by atoms with Crippen LogP contribution in [0.2, 0.25) is 0 Å². The first-order valence-electron chi connectivity index (χ1n) is 5.71. The molecule has 2 aromatic rings. The molecule has 0 atom stereocenters. The minimum Gasteiger partial charge on any atom is -0.288 e. The summed E-state index contributed by atoms with van der Waals surface area (Å²) in [5, 5.41) is 0. The van der Waals surface area contributed by atoms with E-state index in [0.717, 1.165) is 12.0 Å². The zero-order chi connectivity index (χ0) is 13.1. The van der Waals surface area contributed by atoms with Gasteiger partial charge in [-0.05, 0) is 40.0 Å². The lowest BCUT2D eigenvalue weighted by atomic mass is 10.0. The first-order chi connectivity index (χ1) is 8.63. The fourth-order valence-electron chi connectivity index (χ4n) is 1.75. The van der Waals surface area contributed by atoms with Gasteiger partial charge in [0.25, 0.3) is 0 Å². The van der Waals surface area contributed by atoms with E-state index < -0.39 is 5.82 Å². The first-order valence-corrected chi connectivity index (χ1v) is 6.50. The van der Waals surface area contributed by atoms with E-state index in [-0.39, 0.29) is 11.3 Å². The predicted molar refractivity (Wildman–Crippen MR) is 73.4 cm³/mol. The summed E-state index contributed by atoms with van der Waals surface area (Å²) in [6.45, 7) is 2.05. The molecule has 92 valence electrons. The number of hydrogen-bond acceptors (Lipinski definition) is 1. The van der Waals surface area contributed by atoms with Gasteiger partial charge in [-0.3, -0.25) is 4.79 Å². The van der Waals surface area contributed by atoms with Crippen molar-refractivity contribution in [2.45, 2.75) is 13.3 Å². The largest absolute Gasteiger partial charge is 0.288 e. The van der Waals surface area contributed by atoms with Gasteiger partial charge in [-0.15, -0.1) is 0 Å². The Bertz CT molecular complexity index is 555. The quantitative estimate of drug-likeness (QED) is 0.769. The highest BCUT2D eigenvalue weighted by molar-refractivity contribution is 9.10. The Hall–Kier alpha value is -1.48. The van der Waals surface area contributed by atoms with Crippen molar-refractivity contribution >= 4 is 21.7 Å². The number of benzene rings is 2. The van der Waals surface area contributed by atoms with Crippen LogP contribution in [0.5, 0.6) is 0 Å². The van der Waals surface area contributed by atoms with Crippen LogP contribution in [0.3, 0.4) is 0 Å². The molecular weight excluding hydrogens is 295 g/mol. The predicted octanol–water partition coefficient (Wildman–Crippen LogP) is 4.38. The SMILES string of the molecule is CCc1ccc(C(=O)c2c(F)cccc2Br)cc1. The zero-order valence-electron chi connectivity index (χ0n) is 9.91. The van der Waals surface area contributed by atoms with E-state index in [1.807, 2.05) is 19.1 Å². The van der Waals surface area contributed by atoms with Crippen molar-refractivity contribution in [1.82, 2.24) is 0 Å². The molecule has 3 heteroatoms. The Morgan fingerprint density at radius 2 is 1.83 bits per heavy atom. The third kappa shape index (κ3) is 2.51. The minimum atomic E-state index is -0.506. The molecule has 0 unspecified atom stereocenters. The monoisotopic (exact) mass is 306 g/mol. The van der Waals surface area contributed by atoms with Gasteiger partial charge in [0, 0.05) is 10.0 Å². The van der Waals surface area contributed by atoms with Gasteiger partial charge in [0.1, 0.15) is 5.82 Å². The Morgan fingerprint density at radius 1 is 1.17 bits per heavy atom. The second-order valence-electron chi connectivity index (χ2n) is 3.98. The molecule has 2 rings (SSSR count). The van der Waals surface area contributed by atoms with Crippen molar-refractivity contribution in [2.75, 3.05) is 0 Å². The summed E-state index contributed by atoms with van der Waals surface area (Å²) in [4.78, 5) is 12.2. The zero-order valence-corrected chi connectivity index (χ0v) is 11.5. The van der Waals surface area contributed by atoms with E-state index in [4.69, 9.17) is 0 Å². The van der Waals surface area contributed by atoms with Gasteiger partial charge < -0.3 is 0 Å². The third-order valence-electron chi connectivity index (χ3n) is 2.81. The molecule has 0 radical (unpaired) electrons. The molecule has 1 nitrogen and oxygen atoms in total. The molecule has 0 fully saturated rings. The van der Waals surface area contributed by atoms with Crippen molar-refractivity contribution in [1.29, 1.82) is 0 Å². The maximum Gasteiger partial charge on any atom is 0.197 e. The summed E-state index contributed by atoms with van der Waals surface area (Å²) in [6, 6.07) is 11.8. The summed E-state index contributed by atoms with van der Waals surface area (Å²) in [5.74, 6) is -0.809. The smallest absolute Gasteiger partial charge is 0.197 e. The van der Waals surface area contributed by atoms with Crippen LogP contribution in [-0.2, 0) is 6.42 Å². The summed E-state index contributed by atoms with van der Waals surface area (Å²) in [5.41, 5.74) is 1.74. The number of hydrogen-bond donors (Lipinski definition) is 0. The molecule has 0 saturated carbocycles. The Labute approximate surface area is 114 Å². The molecule has 0 bridgehead atoms. The Balaban J connectivity index is 2.41. The fourth-order valence-corrected chi connectivity index (χ4v) is 2.27. The molecule has 0 heterocycles. The average molecular weight is 307 g/mol. The van der Waals surface area contributed by atoms with E-state index in [2.05, 4.69) is 15.9 Å². The molecule has 18 heavy (non-hydrogen) atoms. The molecular formula is C15H12BrFO. The molecule has 0 amide bonds. The minimum absolute atomic E-state index is 0.0850. The number of carbonyl (C=O) groups excluding carboxylic acids is 1. The van der Waals surface area contributed by atoms with Crippen molar-refractivity contribution in [3.8, 4) is 0 Å². The molecule has 0 aliphatic heterocycles. The number of ketones is 1. The second-order valence-corrected chi connectivity index (χ2v) is 4.83. The van der Waals surface area contributed by atoms with Crippen molar-refractivity contribution < 1.29 is 9.18 Å². The van der Waals surface area contributed by atoms with Crippen LogP contribution >= 0.6 is 15.9 Å². The number of aryl methyl sites for hydroxylation is 1. The number of carbonyl (C=O) groups is 1. The molecule has 0 saturated heterocycles. The lowest BCUT2D eigenvalue weighted by Crippen LogP contribution is -2.05. The number of rotatable bonds is 3. The summed E-state index contributed by atoms with van der Waals surface area (Å²) in [6.07, 6.45) is 0.915. The first kappa shape index (κ1) is 13.0. The summed E-state index contributed by atoms with van der Waals surface area (Å²) >= 11 is 3.21. The van der Waals surface area contributed by atoms with Gasteiger partial charge in [0.2, 0.25) is 0 Å². The average Bonchev–Trinajstić information content (AvgIpc) is 2.38. The molecule has 0 spiro atoms. The van der Waals surface area contributed by atoms with Crippen LogP contribution in [0.4, 0.5) is 4.39 Å². The van der Waals surface area contributed by atoms with Gasteiger partial charge in [-0.2, -0.15) is 0 Å². The number of halogens is 2. The molecule has 2 aromatic carbocycles. The van der Waals surface area contributed by atoms with Crippen molar-refractivity contribution in [2.24, 2.45) is 0 Å². The second kappa shape index (κ2) is 5.44. The van der Waals surface area contributed by atoms with Crippen LogP contribution in [0, 0.1) is 5.82 Å². The lowest BCUT2D eigenvalue weighted by Gasteiger charge is -2.06. The van der Waals surface area contributed by atoms with Crippen molar-refractivity contribution in [3.05, 3.63) is 69.4 Å². The van der Waals surface area contributed by atoms with E-state index in [1.54, 1.807) is 24.3 Å². The van der Waals surface area contributed by atoms with Gasteiger partial charge in [-0.1, -0.05) is 37.3 Å². The molecule has 0 aromatic heterocycles. The molecule has 0 N–H and O–H groups in total. The van der Waals surface area contributed by atoms with Gasteiger partial charge >= 0.3 is 0 Å². The van der Waals surface area contributed by atoms with Gasteiger partial charge in [0.15, 0.2) is 5.78 Å². The van der Waals surface area contributed by atoms with Gasteiger partial charge in [-0.25, -0.2) is 4.39 Å². The van der Waals surface area contributed by atoms with Crippen LogP contribution in [-0.4, -0.2) is 5.78 Å². The fraction of sp³-hybridized carbons (Fsp3) is 0.133. The van der Waals surface area contributed by atoms with Crippen LogP contribution in [0.1, 0.15) is 28.4 Å². The van der Waals surface area contributed by atoms with E-state index in [1.165, 1.54) is 6.07 Å². The van der Waals surface area contributed by atoms with E-state index in [9.17, 15) is 9.18 Å². The lowest BCUT2D eigenvalue weighted by molar-refractivity contribution is 0.103. The highest BCUT2D eigenvalue weighted by Gasteiger charge is 2.16. The van der Waals surface area contributed by atoms with Crippen molar-refractivity contribution in [3.63, 3.8) is 0 Å². The van der Waals surface area contributed by atoms with Crippen LogP contribution in [0.25, 0.3) is 0 Å². The highest BCUT2D eigenvalue weighted by atomic mass is 79.9. The summed E-state index contributed by atoms with van der Waals surface area (Å²) < 4.78 is 14.2. The highest BCUT2D eigenvalue weighted by Crippen LogP contribution is 2.23. The standard InChI is InChI=1S/C15H12BrFO/c1-2-10-6-8-11(9-7-10)15(18)14-12(16)4-3-5-13(14)17/h3-9H,2H2,1H3. The van der Waals surface area contributed by atoms with Crippen LogP contribution < -0.4 is 0 Å². The maximum atomic E-state index is 13.7. The van der Waals surface area contributed by atoms with Gasteiger partial charge in [0.05, 0.1) is 5.56 Å². The van der Waals surface area contributed by atoms with Crippen LogP contribution in [0.15, 0.2) is 46.9 Å². The van der Waals surface area contributed by atoms with E-state index in [0.29, 0.717) is 10.0 Å².